The van der Waals surface area contributed by atoms with Crippen molar-refractivity contribution in [2.45, 2.75) is 44.3 Å². The number of hydrogen-bond donors (Lipinski definition) is 1. The molecule has 0 radical (unpaired) electrons. The Hall–Kier alpha value is -0.860. The maximum atomic E-state index is 6.19. The van der Waals surface area contributed by atoms with E-state index in [0.29, 0.717) is 6.04 Å². The van der Waals surface area contributed by atoms with E-state index < -0.39 is 0 Å². The van der Waals surface area contributed by atoms with Crippen molar-refractivity contribution < 1.29 is 0 Å². The third-order valence-electron chi connectivity index (χ3n) is 4.08. The van der Waals surface area contributed by atoms with Gasteiger partial charge in [0.05, 0.1) is 6.17 Å². The summed E-state index contributed by atoms with van der Waals surface area (Å²) in [6.45, 7) is 1.18. The predicted octanol–water partition coefficient (Wildman–Crippen LogP) is 2.44. The van der Waals surface area contributed by atoms with Gasteiger partial charge in [0.1, 0.15) is 0 Å². The van der Waals surface area contributed by atoms with Crippen molar-refractivity contribution in [3.05, 3.63) is 35.4 Å². The van der Waals surface area contributed by atoms with Crippen LogP contribution in [0.15, 0.2) is 24.3 Å². The van der Waals surface area contributed by atoms with E-state index >= 15 is 0 Å². The Kier molecular flexibility index (Phi) is 2.70. The van der Waals surface area contributed by atoms with Gasteiger partial charge in [-0.05, 0) is 43.2 Å². The molecule has 86 valence electrons. The topological polar surface area (TPSA) is 29.3 Å². The number of nitrogens with two attached hydrogens (primary N) is 1. The van der Waals surface area contributed by atoms with Crippen LogP contribution in [0.25, 0.3) is 0 Å². The second kappa shape index (κ2) is 4.19. The van der Waals surface area contributed by atoms with E-state index in [1.54, 1.807) is 0 Å². The molecule has 0 saturated carbocycles. The van der Waals surface area contributed by atoms with Gasteiger partial charge in [0.15, 0.2) is 0 Å². The molecule has 0 aromatic heterocycles. The van der Waals surface area contributed by atoms with E-state index in [1.165, 1.54) is 49.8 Å². The Labute approximate surface area is 97.4 Å². The van der Waals surface area contributed by atoms with Crippen molar-refractivity contribution in [2.24, 2.45) is 5.73 Å². The molecule has 2 N–H and O–H groups in total. The monoisotopic (exact) mass is 216 g/mol. The van der Waals surface area contributed by atoms with Crippen LogP contribution >= 0.6 is 0 Å². The Morgan fingerprint density at radius 1 is 1.12 bits per heavy atom. The minimum absolute atomic E-state index is 0.288. The van der Waals surface area contributed by atoms with Crippen molar-refractivity contribution in [1.82, 2.24) is 4.90 Å². The van der Waals surface area contributed by atoms with Crippen LogP contribution in [0.5, 0.6) is 0 Å². The molecule has 1 fully saturated rings. The molecule has 1 aliphatic carbocycles. The van der Waals surface area contributed by atoms with Gasteiger partial charge in [-0.1, -0.05) is 24.3 Å². The lowest BCUT2D eigenvalue weighted by Crippen LogP contribution is -2.40. The quantitative estimate of drug-likeness (QED) is 0.781. The zero-order valence-electron chi connectivity index (χ0n) is 9.73. The molecule has 1 aromatic carbocycles. The first-order valence-electron chi connectivity index (χ1n) is 6.45. The highest BCUT2D eigenvalue weighted by atomic mass is 15.3. The zero-order valence-corrected chi connectivity index (χ0v) is 9.73. The van der Waals surface area contributed by atoms with Gasteiger partial charge in [-0.15, -0.1) is 0 Å². The van der Waals surface area contributed by atoms with E-state index in [1.807, 2.05) is 0 Å². The van der Waals surface area contributed by atoms with Gasteiger partial charge in [0.25, 0.3) is 0 Å². The molecule has 16 heavy (non-hydrogen) atoms. The Morgan fingerprint density at radius 2 is 2.00 bits per heavy atom. The Bertz CT molecular complexity index is 375. The van der Waals surface area contributed by atoms with Crippen LogP contribution in [0.3, 0.4) is 0 Å². The molecule has 1 aliphatic heterocycles. The summed E-state index contributed by atoms with van der Waals surface area (Å²) in [4.78, 5) is 2.51. The number of likely N-dealkylation sites (tertiary alicyclic amines) is 1. The molecule has 1 aromatic rings. The average Bonchev–Trinajstić information content (AvgIpc) is 2.75. The third-order valence-corrected chi connectivity index (χ3v) is 4.08. The van der Waals surface area contributed by atoms with E-state index in [-0.39, 0.29) is 6.17 Å². The normalized spacial score (nSPS) is 30.3. The number of fused-ring (bicyclic) bond motifs is 1. The molecule has 2 atom stereocenters. The third kappa shape index (κ3) is 1.66. The van der Waals surface area contributed by atoms with Crippen LogP contribution in [-0.2, 0) is 6.42 Å². The SMILES string of the molecule is NC1CCCN1C1CCCc2ccccc21. The number of benzene rings is 1. The van der Waals surface area contributed by atoms with Crippen LogP contribution in [0.4, 0.5) is 0 Å². The minimum atomic E-state index is 0.288. The summed E-state index contributed by atoms with van der Waals surface area (Å²) < 4.78 is 0. The number of aryl methyl sites for hydroxylation is 1. The molecule has 1 heterocycles. The summed E-state index contributed by atoms with van der Waals surface area (Å²) >= 11 is 0. The largest absolute Gasteiger partial charge is 0.316 e. The highest BCUT2D eigenvalue weighted by Gasteiger charge is 2.31. The summed E-state index contributed by atoms with van der Waals surface area (Å²) in [6, 6.07) is 9.49. The number of nitrogens with zero attached hydrogens (tertiary/aromatic N) is 1. The molecule has 0 amide bonds. The van der Waals surface area contributed by atoms with Gasteiger partial charge in [-0.3, -0.25) is 4.90 Å². The molecule has 1 saturated heterocycles. The fraction of sp³-hybridized carbons (Fsp3) is 0.571. The Balaban J connectivity index is 1.92. The first kappa shape index (κ1) is 10.3. The van der Waals surface area contributed by atoms with Gasteiger partial charge in [0, 0.05) is 12.6 Å². The van der Waals surface area contributed by atoms with Gasteiger partial charge >= 0.3 is 0 Å². The lowest BCUT2D eigenvalue weighted by atomic mass is 9.87. The molecule has 2 aliphatic rings. The standard InChI is InChI=1S/C14H20N2/c15-14-9-4-10-16(14)13-8-3-6-11-5-1-2-7-12(11)13/h1-2,5,7,13-14H,3-4,6,8-10,15H2. The van der Waals surface area contributed by atoms with E-state index in [0.717, 1.165) is 0 Å². The lowest BCUT2D eigenvalue weighted by Gasteiger charge is -2.35. The highest BCUT2D eigenvalue weighted by Crippen LogP contribution is 2.36. The molecule has 0 spiro atoms. The minimum Gasteiger partial charge on any atom is -0.316 e. The van der Waals surface area contributed by atoms with Gasteiger partial charge < -0.3 is 5.73 Å². The van der Waals surface area contributed by atoms with Gasteiger partial charge in [0.2, 0.25) is 0 Å². The first-order chi connectivity index (χ1) is 7.86. The molecule has 3 rings (SSSR count). The smallest absolute Gasteiger partial charge is 0.0577 e. The van der Waals surface area contributed by atoms with E-state index in [9.17, 15) is 0 Å². The molecule has 0 bridgehead atoms. The van der Waals surface area contributed by atoms with Crippen LogP contribution in [0.2, 0.25) is 0 Å². The number of rotatable bonds is 1. The average molecular weight is 216 g/mol. The summed E-state index contributed by atoms with van der Waals surface area (Å²) in [6.07, 6.45) is 6.56. The van der Waals surface area contributed by atoms with Gasteiger partial charge in [-0.2, -0.15) is 0 Å². The lowest BCUT2D eigenvalue weighted by molar-refractivity contribution is 0.166. The highest BCUT2D eigenvalue weighted by molar-refractivity contribution is 5.32. The predicted molar refractivity (Wildman–Crippen MR) is 66.0 cm³/mol. The summed E-state index contributed by atoms with van der Waals surface area (Å²) in [5.74, 6) is 0. The summed E-state index contributed by atoms with van der Waals surface area (Å²) in [5, 5.41) is 0. The molecule has 2 heteroatoms. The van der Waals surface area contributed by atoms with Crippen molar-refractivity contribution in [2.75, 3.05) is 6.54 Å². The Morgan fingerprint density at radius 3 is 2.81 bits per heavy atom. The van der Waals surface area contributed by atoms with Crippen LogP contribution in [0, 0.1) is 0 Å². The molecule has 2 unspecified atom stereocenters. The fourth-order valence-electron chi connectivity index (χ4n) is 3.27. The zero-order chi connectivity index (χ0) is 11.0. The van der Waals surface area contributed by atoms with Crippen LogP contribution in [-0.4, -0.2) is 17.6 Å². The van der Waals surface area contributed by atoms with Gasteiger partial charge in [-0.25, -0.2) is 0 Å². The number of hydrogen-bond acceptors (Lipinski definition) is 2. The fourth-order valence-corrected chi connectivity index (χ4v) is 3.27. The molecule has 2 nitrogen and oxygen atoms in total. The van der Waals surface area contributed by atoms with Crippen molar-refractivity contribution in [3.8, 4) is 0 Å². The summed E-state index contributed by atoms with van der Waals surface area (Å²) in [7, 11) is 0. The molecular formula is C14H20N2. The molecular weight excluding hydrogens is 196 g/mol. The second-order valence-corrected chi connectivity index (χ2v) is 5.05. The maximum Gasteiger partial charge on any atom is 0.0577 e. The summed E-state index contributed by atoms with van der Waals surface area (Å²) in [5.41, 5.74) is 9.27. The first-order valence-corrected chi connectivity index (χ1v) is 6.45. The van der Waals surface area contributed by atoms with E-state index in [4.69, 9.17) is 5.73 Å². The van der Waals surface area contributed by atoms with Crippen molar-refractivity contribution >= 4 is 0 Å². The van der Waals surface area contributed by atoms with Crippen LogP contribution < -0.4 is 5.73 Å². The van der Waals surface area contributed by atoms with Crippen molar-refractivity contribution in [3.63, 3.8) is 0 Å². The van der Waals surface area contributed by atoms with E-state index in [2.05, 4.69) is 29.2 Å². The second-order valence-electron chi connectivity index (χ2n) is 5.05. The van der Waals surface area contributed by atoms with Crippen molar-refractivity contribution in [1.29, 1.82) is 0 Å². The maximum absolute atomic E-state index is 6.19. The van der Waals surface area contributed by atoms with Crippen LogP contribution in [0.1, 0.15) is 42.9 Å².